The van der Waals surface area contributed by atoms with Crippen LogP contribution in [0.25, 0.3) is 0 Å². The minimum atomic E-state index is 0.0347. The van der Waals surface area contributed by atoms with E-state index in [9.17, 15) is 5.21 Å². The van der Waals surface area contributed by atoms with Crippen LogP contribution in [0.5, 0.6) is 11.5 Å². The number of rotatable bonds is 0. The van der Waals surface area contributed by atoms with Crippen LogP contribution in [0, 0.1) is 5.21 Å². The van der Waals surface area contributed by atoms with Crippen molar-refractivity contribution in [3.63, 3.8) is 0 Å². The minimum absolute atomic E-state index is 0.0347. The fourth-order valence-corrected chi connectivity index (χ4v) is 1.75. The number of quaternary nitrogens is 1. The summed E-state index contributed by atoms with van der Waals surface area (Å²) in [5.74, 6) is 1.28. The largest absolute Gasteiger partial charge is 0.623 e. The number of benzene rings is 2. The van der Waals surface area contributed by atoms with Crippen molar-refractivity contribution in [1.82, 2.24) is 0 Å². The molecule has 1 aliphatic rings. The van der Waals surface area contributed by atoms with Crippen molar-refractivity contribution in [1.29, 1.82) is 0 Å². The van der Waals surface area contributed by atoms with Gasteiger partial charge in [0, 0.05) is 12.1 Å². The second-order valence-electron chi connectivity index (χ2n) is 3.42. The van der Waals surface area contributed by atoms with Crippen molar-refractivity contribution in [3.8, 4) is 11.5 Å². The molecule has 1 N–H and O–H groups in total. The highest BCUT2D eigenvalue weighted by Crippen LogP contribution is 2.35. The molecular weight excluding hydrogens is 190 g/mol. The Hall–Kier alpha value is -1.84. The van der Waals surface area contributed by atoms with Crippen molar-refractivity contribution in [2.24, 2.45) is 0 Å². The van der Waals surface area contributed by atoms with Crippen molar-refractivity contribution in [2.45, 2.75) is 0 Å². The van der Waals surface area contributed by atoms with Crippen LogP contribution >= 0.6 is 0 Å². The second kappa shape index (κ2) is 3.08. The Morgan fingerprint density at radius 2 is 1.27 bits per heavy atom. The van der Waals surface area contributed by atoms with E-state index in [-0.39, 0.29) is 5.06 Å². The number of para-hydroxylation sites is 4. The van der Waals surface area contributed by atoms with Gasteiger partial charge in [-0.25, -0.2) is 0 Å². The fourth-order valence-electron chi connectivity index (χ4n) is 1.75. The SMILES string of the molecule is [O-][NH+]1c2ccccc2Oc2ccccc21. The molecule has 2 aromatic carbocycles. The van der Waals surface area contributed by atoms with Gasteiger partial charge in [-0.05, 0) is 12.1 Å². The average molecular weight is 199 g/mol. The molecule has 0 saturated carbocycles. The van der Waals surface area contributed by atoms with E-state index in [1.54, 1.807) is 12.1 Å². The van der Waals surface area contributed by atoms with Gasteiger partial charge in [-0.1, -0.05) is 24.3 Å². The lowest BCUT2D eigenvalue weighted by molar-refractivity contribution is -0.701. The smallest absolute Gasteiger partial charge is 0.189 e. The molecule has 0 unspecified atom stereocenters. The van der Waals surface area contributed by atoms with Crippen LogP contribution in [0.15, 0.2) is 48.5 Å². The first kappa shape index (κ1) is 8.47. The molecule has 0 atom stereocenters. The summed E-state index contributed by atoms with van der Waals surface area (Å²) in [6.07, 6.45) is 0. The number of hydrogen-bond acceptors (Lipinski definition) is 2. The van der Waals surface area contributed by atoms with Crippen molar-refractivity contribution < 1.29 is 9.80 Å². The van der Waals surface area contributed by atoms with Gasteiger partial charge < -0.3 is 15.0 Å². The molecule has 3 nitrogen and oxygen atoms in total. The third kappa shape index (κ3) is 1.21. The van der Waals surface area contributed by atoms with Gasteiger partial charge in [0.1, 0.15) is 0 Å². The molecule has 0 bridgehead atoms. The molecule has 3 rings (SSSR count). The van der Waals surface area contributed by atoms with E-state index in [1.165, 1.54) is 0 Å². The first-order chi connectivity index (χ1) is 7.36. The average Bonchev–Trinajstić information content (AvgIpc) is 2.30. The van der Waals surface area contributed by atoms with Gasteiger partial charge in [-0.3, -0.25) is 0 Å². The van der Waals surface area contributed by atoms with Crippen LogP contribution in [0.3, 0.4) is 0 Å². The molecule has 0 amide bonds. The molecule has 0 spiro atoms. The van der Waals surface area contributed by atoms with Crippen molar-refractivity contribution in [3.05, 3.63) is 53.7 Å². The van der Waals surface area contributed by atoms with Crippen LogP contribution in [-0.4, -0.2) is 0 Å². The van der Waals surface area contributed by atoms with Crippen LogP contribution in [0.1, 0.15) is 0 Å². The zero-order chi connectivity index (χ0) is 10.3. The van der Waals surface area contributed by atoms with E-state index in [2.05, 4.69) is 0 Å². The zero-order valence-electron chi connectivity index (χ0n) is 7.94. The summed E-state index contributed by atoms with van der Waals surface area (Å²) >= 11 is 0. The Morgan fingerprint density at radius 1 is 0.800 bits per heavy atom. The predicted molar refractivity (Wildman–Crippen MR) is 56.6 cm³/mol. The van der Waals surface area contributed by atoms with E-state index < -0.39 is 0 Å². The predicted octanol–water partition coefficient (Wildman–Crippen LogP) is 2.14. The number of ether oxygens (including phenoxy) is 1. The Morgan fingerprint density at radius 3 is 1.80 bits per heavy atom. The lowest BCUT2D eigenvalue weighted by atomic mass is 10.2. The lowest BCUT2D eigenvalue weighted by Gasteiger charge is -2.29. The van der Waals surface area contributed by atoms with Gasteiger partial charge >= 0.3 is 0 Å². The molecular formula is C12H9NO2. The zero-order valence-corrected chi connectivity index (χ0v) is 7.94. The van der Waals surface area contributed by atoms with Crippen LogP contribution < -0.4 is 9.80 Å². The molecule has 0 aromatic heterocycles. The Bertz CT molecular complexity index is 465. The highest BCUT2D eigenvalue weighted by Gasteiger charge is 2.23. The van der Waals surface area contributed by atoms with E-state index >= 15 is 0 Å². The molecule has 74 valence electrons. The van der Waals surface area contributed by atoms with E-state index in [1.807, 2.05) is 36.4 Å². The summed E-state index contributed by atoms with van der Waals surface area (Å²) in [4.78, 5) is 0. The van der Waals surface area contributed by atoms with Crippen LogP contribution in [-0.2, 0) is 0 Å². The maximum absolute atomic E-state index is 12.0. The summed E-state index contributed by atoms with van der Waals surface area (Å²) in [6.45, 7) is 0. The Labute approximate surface area is 87.1 Å². The Kier molecular flexibility index (Phi) is 1.74. The second-order valence-corrected chi connectivity index (χ2v) is 3.42. The van der Waals surface area contributed by atoms with Crippen LogP contribution in [0.2, 0.25) is 0 Å². The molecule has 15 heavy (non-hydrogen) atoms. The third-order valence-corrected chi connectivity index (χ3v) is 2.48. The molecule has 2 aromatic rings. The van der Waals surface area contributed by atoms with Gasteiger partial charge in [-0.2, -0.15) is 0 Å². The quantitative estimate of drug-likeness (QED) is 0.660. The third-order valence-electron chi connectivity index (χ3n) is 2.48. The minimum Gasteiger partial charge on any atom is -0.623 e. The topological polar surface area (TPSA) is 36.7 Å². The monoisotopic (exact) mass is 199 g/mol. The summed E-state index contributed by atoms with van der Waals surface area (Å²) < 4.78 is 5.63. The maximum Gasteiger partial charge on any atom is 0.189 e. The van der Waals surface area contributed by atoms with Gasteiger partial charge in [0.15, 0.2) is 22.9 Å². The summed E-state index contributed by atoms with van der Waals surface area (Å²) in [6, 6.07) is 14.6. The first-order valence-electron chi connectivity index (χ1n) is 4.77. The number of nitrogens with one attached hydrogen (secondary N) is 1. The van der Waals surface area contributed by atoms with E-state index in [0.717, 1.165) is 0 Å². The Balaban J connectivity index is 2.20. The standard InChI is InChI=1S/C12H9NO2/c14-13-9-5-1-3-7-11(9)15-12-8-4-2-6-10(12)13/h1-8,13H. The highest BCUT2D eigenvalue weighted by atomic mass is 16.5. The normalized spacial score (nSPS) is 13.9. The lowest BCUT2D eigenvalue weighted by Crippen LogP contribution is -2.97. The van der Waals surface area contributed by atoms with E-state index in [0.29, 0.717) is 22.9 Å². The molecule has 0 aliphatic carbocycles. The maximum atomic E-state index is 12.0. The molecule has 0 saturated heterocycles. The van der Waals surface area contributed by atoms with Gasteiger partial charge in [0.2, 0.25) is 0 Å². The number of fused-ring (bicyclic) bond motifs is 2. The van der Waals surface area contributed by atoms with E-state index in [4.69, 9.17) is 4.74 Å². The summed E-state index contributed by atoms with van der Waals surface area (Å²) in [5.41, 5.74) is 1.27. The van der Waals surface area contributed by atoms with Crippen LogP contribution in [0.4, 0.5) is 11.4 Å². The summed E-state index contributed by atoms with van der Waals surface area (Å²) in [5, 5.41) is 12.1. The molecule has 0 radical (unpaired) electrons. The number of hydrogen-bond donors (Lipinski definition) is 1. The van der Waals surface area contributed by atoms with Gasteiger partial charge in [0.25, 0.3) is 0 Å². The van der Waals surface area contributed by atoms with Crippen molar-refractivity contribution >= 4 is 11.4 Å². The first-order valence-corrected chi connectivity index (χ1v) is 4.77. The molecule has 0 fully saturated rings. The molecule has 1 heterocycles. The van der Waals surface area contributed by atoms with Gasteiger partial charge in [0.05, 0.1) is 0 Å². The summed E-state index contributed by atoms with van der Waals surface area (Å²) in [7, 11) is 0. The molecule has 3 heteroatoms. The molecule has 1 aliphatic heterocycles. The van der Waals surface area contributed by atoms with Gasteiger partial charge in [-0.15, -0.1) is 0 Å². The highest BCUT2D eigenvalue weighted by molar-refractivity contribution is 5.59. The van der Waals surface area contributed by atoms with Crippen molar-refractivity contribution in [2.75, 3.05) is 0 Å². The fraction of sp³-hybridized carbons (Fsp3) is 0.